The Morgan fingerprint density at radius 2 is 1.45 bits per heavy atom. The third kappa shape index (κ3) is 5.57. The minimum Gasteiger partial charge on any atom is -0.304 e. The third-order valence-electron chi connectivity index (χ3n) is 3.32. The number of rotatable bonds is 7. The standard InChI is InChI=1S/C19H23ClNP/c1-21(2)16-17(20)10-9-15-22(18-11-5-3-6-12-18)19-13-7-4-8-14-19/h3-8,10-14H,9,15-16H2,1-2H3. The molecule has 0 aliphatic carbocycles. The van der Waals surface area contributed by atoms with Crippen LogP contribution in [-0.2, 0) is 0 Å². The lowest BCUT2D eigenvalue weighted by atomic mass is 10.4. The second kappa shape index (κ2) is 9.10. The van der Waals surface area contributed by atoms with Crippen molar-refractivity contribution in [2.24, 2.45) is 0 Å². The first kappa shape index (κ1) is 17.2. The molecule has 0 spiro atoms. The molecule has 1 nitrogen and oxygen atoms in total. The smallest absolute Gasteiger partial charge is 0.0332 e. The highest BCUT2D eigenvalue weighted by molar-refractivity contribution is 7.73. The maximum absolute atomic E-state index is 6.28. The quantitative estimate of drug-likeness (QED) is 0.687. The van der Waals surface area contributed by atoms with Crippen molar-refractivity contribution in [3.8, 4) is 0 Å². The fourth-order valence-corrected chi connectivity index (χ4v) is 4.95. The lowest BCUT2D eigenvalue weighted by molar-refractivity contribution is 0.452. The largest absolute Gasteiger partial charge is 0.304 e. The van der Waals surface area contributed by atoms with Crippen LogP contribution < -0.4 is 10.6 Å². The van der Waals surface area contributed by atoms with Crippen LogP contribution in [0.5, 0.6) is 0 Å². The number of hydrogen-bond donors (Lipinski definition) is 0. The molecule has 2 aromatic rings. The first-order chi connectivity index (χ1) is 10.7. The van der Waals surface area contributed by atoms with Gasteiger partial charge < -0.3 is 4.90 Å². The maximum Gasteiger partial charge on any atom is 0.0332 e. The summed E-state index contributed by atoms with van der Waals surface area (Å²) in [5, 5.41) is 3.79. The third-order valence-corrected chi connectivity index (χ3v) is 6.14. The molecule has 116 valence electrons. The van der Waals surface area contributed by atoms with Gasteiger partial charge in [-0.2, -0.15) is 0 Å². The van der Waals surface area contributed by atoms with Gasteiger partial charge in [0.25, 0.3) is 0 Å². The number of benzene rings is 2. The molecule has 0 aliphatic heterocycles. The van der Waals surface area contributed by atoms with Crippen molar-refractivity contribution in [3.63, 3.8) is 0 Å². The number of hydrogen-bond acceptors (Lipinski definition) is 1. The lowest BCUT2D eigenvalue weighted by Gasteiger charge is -2.18. The Labute approximate surface area is 140 Å². The van der Waals surface area contributed by atoms with Gasteiger partial charge in [-0.3, -0.25) is 0 Å². The van der Waals surface area contributed by atoms with E-state index in [0.29, 0.717) is 0 Å². The molecule has 0 fully saturated rings. The van der Waals surface area contributed by atoms with E-state index in [4.69, 9.17) is 11.6 Å². The van der Waals surface area contributed by atoms with Crippen LogP contribution in [0.4, 0.5) is 0 Å². The Kier molecular flexibility index (Phi) is 7.12. The summed E-state index contributed by atoms with van der Waals surface area (Å²) in [7, 11) is 3.76. The molecule has 0 unspecified atom stereocenters. The Morgan fingerprint density at radius 3 is 1.91 bits per heavy atom. The molecule has 0 aromatic heterocycles. The van der Waals surface area contributed by atoms with Crippen molar-refractivity contribution in [3.05, 3.63) is 71.8 Å². The summed E-state index contributed by atoms with van der Waals surface area (Å²) in [4.78, 5) is 2.09. The van der Waals surface area contributed by atoms with E-state index in [2.05, 4.69) is 71.6 Å². The maximum atomic E-state index is 6.28. The molecule has 0 saturated heterocycles. The molecule has 0 bridgehead atoms. The molecule has 2 aromatic carbocycles. The van der Waals surface area contributed by atoms with Crippen LogP contribution in [-0.4, -0.2) is 31.7 Å². The van der Waals surface area contributed by atoms with Gasteiger partial charge in [0.15, 0.2) is 0 Å². The molecule has 0 N–H and O–H groups in total. The van der Waals surface area contributed by atoms with Crippen LogP contribution in [0.2, 0.25) is 0 Å². The number of halogens is 1. The number of allylic oxidation sites excluding steroid dienone is 1. The summed E-state index contributed by atoms with van der Waals surface area (Å²) >= 11 is 6.28. The second-order valence-electron chi connectivity index (χ2n) is 5.50. The van der Waals surface area contributed by atoms with Crippen molar-refractivity contribution in [2.45, 2.75) is 6.42 Å². The highest BCUT2D eigenvalue weighted by Crippen LogP contribution is 2.34. The predicted octanol–water partition coefficient (Wildman–Crippen LogP) is 4.19. The lowest BCUT2D eigenvalue weighted by Crippen LogP contribution is -2.14. The van der Waals surface area contributed by atoms with E-state index in [9.17, 15) is 0 Å². The molecule has 2 rings (SSSR count). The van der Waals surface area contributed by atoms with Crippen LogP contribution in [0.1, 0.15) is 6.42 Å². The highest BCUT2D eigenvalue weighted by Gasteiger charge is 2.12. The Balaban J connectivity index is 2.10. The summed E-state index contributed by atoms with van der Waals surface area (Å²) < 4.78 is 0. The van der Waals surface area contributed by atoms with Gasteiger partial charge in [-0.1, -0.05) is 78.3 Å². The van der Waals surface area contributed by atoms with Gasteiger partial charge in [-0.05, 0) is 45.2 Å². The summed E-state index contributed by atoms with van der Waals surface area (Å²) in [6, 6.07) is 21.6. The minimum absolute atomic E-state index is 0.319. The summed E-state index contributed by atoms with van der Waals surface area (Å²) in [5.41, 5.74) is 0. The fraction of sp³-hybridized carbons (Fsp3) is 0.263. The van der Waals surface area contributed by atoms with Gasteiger partial charge in [0.05, 0.1) is 0 Å². The van der Waals surface area contributed by atoms with Gasteiger partial charge in [-0.15, -0.1) is 0 Å². The van der Waals surface area contributed by atoms with Crippen molar-refractivity contribution in [1.29, 1.82) is 0 Å². The summed E-state index contributed by atoms with van der Waals surface area (Å²) in [6.45, 7) is 0.816. The molecule has 0 radical (unpaired) electrons. The van der Waals surface area contributed by atoms with Crippen molar-refractivity contribution in [2.75, 3.05) is 26.8 Å². The van der Waals surface area contributed by atoms with Gasteiger partial charge in [0, 0.05) is 11.6 Å². The van der Waals surface area contributed by atoms with Crippen LogP contribution >= 0.6 is 19.5 Å². The van der Waals surface area contributed by atoms with Gasteiger partial charge in [-0.25, -0.2) is 0 Å². The minimum atomic E-state index is -0.319. The number of nitrogens with zero attached hydrogens (tertiary/aromatic N) is 1. The average molecular weight is 332 g/mol. The Hall–Kier alpha value is -1.14. The summed E-state index contributed by atoms with van der Waals surface area (Å²) in [6.07, 6.45) is 4.32. The SMILES string of the molecule is CN(C)CC(Cl)=CCCP(c1ccccc1)c1ccccc1. The highest BCUT2D eigenvalue weighted by atomic mass is 35.5. The van der Waals surface area contributed by atoms with E-state index >= 15 is 0 Å². The van der Waals surface area contributed by atoms with E-state index in [1.54, 1.807) is 0 Å². The van der Waals surface area contributed by atoms with Crippen molar-refractivity contribution in [1.82, 2.24) is 4.90 Å². The molecule has 0 aliphatic rings. The predicted molar refractivity (Wildman–Crippen MR) is 101 cm³/mol. The zero-order valence-corrected chi connectivity index (χ0v) is 14.9. The first-order valence-electron chi connectivity index (χ1n) is 7.53. The molecule has 0 atom stereocenters. The monoisotopic (exact) mass is 331 g/mol. The zero-order valence-electron chi connectivity index (χ0n) is 13.2. The van der Waals surface area contributed by atoms with E-state index in [0.717, 1.165) is 24.2 Å². The molecular formula is C19H23ClNP. The van der Waals surface area contributed by atoms with E-state index in [1.165, 1.54) is 10.6 Å². The summed E-state index contributed by atoms with van der Waals surface area (Å²) in [5.74, 6) is 0. The van der Waals surface area contributed by atoms with Crippen molar-refractivity contribution >= 4 is 30.1 Å². The Bertz CT molecular complexity index is 541. The average Bonchev–Trinajstić information content (AvgIpc) is 2.52. The fourth-order valence-electron chi connectivity index (χ4n) is 2.34. The molecule has 0 saturated carbocycles. The van der Waals surface area contributed by atoms with E-state index in [-0.39, 0.29) is 7.92 Å². The topological polar surface area (TPSA) is 3.24 Å². The second-order valence-corrected chi connectivity index (χ2v) is 8.32. The van der Waals surface area contributed by atoms with Gasteiger partial charge in [0.2, 0.25) is 0 Å². The normalized spacial score (nSPS) is 12.1. The molecule has 0 heterocycles. The van der Waals surface area contributed by atoms with Crippen molar-refractivity contribution < 1.29 is 0 Å². The van der Waals surface area contributed by atoms with Crippen LogP contribution in [0.15, 0.2) is 71.8 Å². The zero-order chi connectivity index (χ0) is 15.8. The van der Waals surface area contributed by atoms with Gasteiger partial charge in [0.1, 0.15) is 0 Å². The molecule has 0 amide bonds. The molecular weight excluding hydrogens is 309 g/mol. The van der Waals surface area contributed by atoms with Crippen LogP contribution in [0, 0.1) is 0 Å². The molecule has 3 heteroatoms. The number of likely N-dealkylation sites (N-methyl/N-ethyl adjacent to an activating group) is 1. The van der Waals surface area contributed by atoms with Crippen LogP contribution in [0.3, 0.4) is 0 Å². The Morgan fingerprint density at radius 1 is 0.955 bits per heavy atom. The first-order valence-corrected chi connectivity index (χ1v) is 9.44. The van der Waals surface area contributed by atoms with Crippen LogP contribution in [0.25, 0.3) is 0 Å². The van der Waals surface area contributed by atoms with E-state index < -0.39 is 0 Å². The van der Waals surface area contributed by atoms with Gasteiger partial charge >= 0.3 is 0 Å². The molecule has 22 heavy (non-hydrogen) atoms. The van der Waals surface area contributed by atoms with E-state index in [1.807, 2.05) is 14.1 Å².